The molecule has 0 spiro atoms. The van der Waals surface area contributed by atoms with E-state index in [-0.39, 0.29) is 25.2 Å². The summed E-state index contributed by atoms with van der Waals surface area (Å²) < 4.78 is 33.5. The molecule has 120 valence electrons. The van der Waals surface area contributed by atoms with Crippen LogP contribution < -0.4 is 0 Å². The number of esters is 1. The number of carbonyl (C=O) groups excluding carboxylic acids is 1. The molecule has 21 heavy (non-hydrogen) atoms. The molecule has 2 rings (SSSR count). The van der Waals surface area contributed by atoms with Crippen LogP contribution in [-0.2, 0) is 14.3 Å². The Labute approximate surface area is 122 Å². The summed E-state index contributed by atoms with van der Waals surface area (Å²) in [6, 6.07) is 0. The van der Waals surface area contributed by atoms with Crippen molar-refractivity contribution < 1.29 is 28.2 Å². The fraction of sp³-hybridized carbons (Fsp3) is 0.867. The second-order valence-electron chi connectivity index (χ2n) is 7.33. The van der Waals surface area contributed by atoms with Crippen LogP contribution in [0.2, 0.25) is 0 Å². The minimum atomic E-state index is -2.90. The van der Waals surface area contributed by atoms with Crippen molar-refractivity contribution in [2.45, 2.75) is 58.0 Å². The molecule has 0 aromatic carbocycles. The molecule has 0 heterocycles. The lowest BCUT2D eigenvalue weighted by atomic mass is 9.72. The highest BCUT2D eigenvalue weighted by Crippen LogP contribution is 2.57. The maximum Gasteiger partial charge on any atom is 0.310 e. The Balaban J connectivity index is 2.15. The van der Waals surface area contributed by atoms with E-state index in [1.807, 2.05) is 0 Å². The Morgan fingerprint density at radius 2 is 1.90 bits per heavy atom. The van der Waals surface area contributed by atoms with Crippen LogP contribution in [0.5, 0.6) is 0 Å². The van der Waals surface area contributed by atoms with E-state index in [1.54, 1.807) is 20.8 Å². The molecular formula is C15H22F2O4. The van der Waals surface area contributed by atoms with Gasteiger partial charge in [-0.3, -0.25) is 9.59 Å². The van der Waals surface area contributed by atoms with Crippen molar-refractivity contribution in [3.8, 4) is 0 Å². The molecule has 0 amide bonds. The molecule has 2 fully saturated rings. The van der Waals surface area contributed by atoms with Crippen molar-refractivity contribution in [3.05, 3.63) is 0 Å². The van der Waals surface area contributed by atoms with Gasteiger partial charge in [0.2, 0.25) is 0 Å². The van der Waals surface area contributed by atoms with Gasteiger partial charge in [0.15, 0.2) is 0 Å². The first-order chi connectivity index (χ1) is 9.49. The number of halogens is 2. The predicted octanol–water partition coefficient (Wildman–Crippen LogP) is 3.10. The summed E-state index contributed by atoms with van der Waals surface area (Å²) in [6.45, 7) is 5.13. The van der Waals surface area contributed by atoms with Crippen LogP contribution in [0.25, 0.3) is 0 Å². The monoisotopic (exact) mass is 304 g/mol. The number of rotatable bonds is 3. The molecule has 4 nitrogen and oxygen atoms in total. The van der Waals surface area contributed by atoms with Gasteiger partial charge in [-0.15, -0.1) is 0 Å². The number of aliphatic carboxylic acids is 1. The van der Waals surface area contributed by atoms with Crippen molar-refractivity contribution in [3.63, 3.8) is 0 Å². The Morgan fingerprint density at radius 3 is 2.38 bits per heavy atom. The van der Waals surface area contributed by atoms with E-state index in [9.17, 15) is 18.4 Å². The minimum Gasteiger partial charge on any atom is -0.481 e. The van der Waals surface area contributed by atoms with Crippen molar-refractivity contribution in [1.82, 2.24) is 0 Å². The van der Waals surface area contributed by atoms with E-state index < -0.39 is 41.2 Å². The van der Waals surface area contributed by atoms with Gasteiger partial charge in [0.05, 0.1) is 5.92 Å². The second-order valence-corrected chi connectivity index (χ2v) is 7.33. The Kier molecular flexibility index (Phi) is 4.02. The lowest BCUT2D eigenvalue weighted by molar-refractivity contribution is -0.168. The number of alkyl halides is 2. The lowest BCUT2D eigenvalue weighted by Gasteiger charge is -2.35. The van der Waals surface area contributed by atoms with Gasteiger partial charge in [0, 0.05) is 18.8 Å². The van der Waals surface area contributed by atoms with Crippen LogP contribution in [0.15, 0.2) is 0 Å². The number of fused-ring (bicyclic) bond motifs is 2. The molecule has 0 radical (unpaired) electrons. The molecular weight excluding hydrogens is 282 g/mol. The number of carboxylic acids is 1. The Bertz CT molecular complexity index is 441. The SMILES string of the molecule is CC(C)(C)OC(=O)C1[C@H]2C[C@@H](CC(=O)O)C[C@@H]1C(F)(F)C2. The first-order valence-corrected chi connectivity index (χ1v) is 7.32. The summed E-state index contributed by atoms with van der Waals surface area (Å²) in [6.07, 6.45) is 0.00379. The summed E-state index contributed by atoms with van der Waals surface area (Å²) in [5, 5.41) is 8.84. The highest BCUT2D eigenvalue weighted by atomic mass is 19.3. The quantitative estimate of drug-likeness (QED) is 0.814. The molecule has 0 aliphatic heterocycles. The van der Waals surface area contributed by atoms with Crippen LogP contribution in [0.1, 0.15) is 46.5 Å². The third-order valence-electron chi connectivity index (χ3n) is 4.38. The van der Waals surface area contributed by atoms with E-state index in [1.165, 1.54) is 0 Å². The summed E-state index contributed by atoms with van der Waals surface area (Å²) in [7, 11) is 0. The molecule has 2 saturated carbocycles. The number of carbonyl (C=O) groups is 2. The van der Waals surface area contributed by atoms with Gasteiger partial charge in [-0.2, -0.15) is 0 Å². The fourth-order valence-corrected chi connectivity index (χ4v) is 3.79. The van der Waals surface area contributed by atoms with Gasteiger partial charge in [0.1, 0.15) is 5.60 Å². The van der Waals surface area contributed by atoms with Crippen LogP contribution in [0.4, 0.5) is 8.78 Å². The highest BCUT2D eigenvalue weighted by molar-refractivity contribution is 5.74. The number of hydrogen-bond donors (Lipinski definition) is 1. The van der Waals surface area contributed by atoms with Crippen LogP contribution in [0, 0.1) is 23.7 Å². The smallest absolute Gasteiger partial charge is 0.310 e. The lowest BCUT2D eigenvalue weighted by Crippen LogP contribution is -2.40. The molecule has 0 aromatic heterocycles. The maximum absolute atomic E-state index is 14.1. The Hall–Kier alpha value is -1.20. The summed E-state index contributed by atoms with van der Waals surface area (Å²) in [5.41, 5.74) is -0.705. The van der Waals surface area contributed by atoms with Crippen LogP contribution in [0.3, 0.4) is 0 Å². The van der Waals surface area contributed by atoms with E-state index in [4.69, 9.17) is 9.84 Å². The molecule has 4 atom stereocenters. The molecule has 6 heteroatoms. The van der Waals surface area contributed by atoms with E-state index in [0.717, 1.165) is 0 Å². The maximum atomic E-state index is 14.1. The number of hydrogen-bond acceptors (Lipinski definition) is 3. The van der Waals surface area contributed by atoms with Crippen molar-refractivity contribution in [2.75, 3.05) is 0 Å². The fourth-order valence-electron chi connectivity index (χ4n) is 3.79. The summed E-state index contributed by atoms with van der Waals surface area (Å²) in [4.78, 5) is 23.0. The Morgan fingerprint density at radius 1 is 1.29 bits per heavy atom. The third kappa shape index (κ3) is 3.52. The van der Waals surface area contributed by atoms with Gasteiger partial charge in [-0.1, -0.05) is 0 Å². The van der Waals surface area contributed by atoms with Gasteiger partial charge in [-0.25, -0.2) is 8.78 Å². The number of ether oxygens (including phenoxy) is 1. The molecule has 2 aliphatic carbocycles. The van der Waals surface area contributed by atoms with Crippen LogP contribution in [-0.4, -0.2) is 28.6 Å². The molecule has 2 bridgehead atoms. The minimum absolute atomic E-state index is 0.0830. The van der Waals surface area contributed by atoms with Gasteiger partial charge in [0.25, 0.3) is 5.92 Å². The summed E-state index contributed by atoms with van der Waals surface area (Å²) in [5.74, 6) is -7.08. The van der Waals surface area contributed by atoms with Gasteiger partial charge >= 0.3 is 11.9 Å². The average Bonchev–Trinajstić information content (AvgIpc) is 2.39. The zero-order valence-electron chi connectivity index (χ0n) is 12.6. The molecule has 1 N–H and O–H groups in total. The van der Waals surface area contributed by atoms with Crippen molar-refractivity contribution in [1.29, 1.82) is 0 Å². The highest BCUT2D eigenvalue weighted by Gasteiger charge is 2.61. The molecule has 2 aliphatic rings. The van der Waals surface area contributed by atoms with Crippen molar-refractivity contribution in [2.24, 2.45) is 23.7 Å². The second kappa shape index (κ2) is 5.21. The van der Waals surface area contributed by atoms with Crippen LogP contribution >= 0.6 is 0 Å². The van der Waals surface area contributed by atoms with Crippen molar-refractivity contribution >= 4 is 11.9 Å². The van der Waals surface area contributed by atoms with Gasteiger partial charge < -0.3 is 9.84 Å². The molecule has 0 aromatic rings. The van der Waals surface area contributed by atoms with E-state index in [2.05, 4.69) is 0 Å². The largest absolute Gasteiger partial charge is 0.481 e. The molecule has 1 unspecified atom stereocenters. The first-order valence-electron chi connectivity index (χ1n) is 7.32. The zero-order valence-corrected chi connectivity index (χ0v) is 12.6. The topological polar surface area (TPSA) is 63.6 Å². The summed E-state index contributed by atoms with van der Waals surface area (Å²) >= 11 is 0. The predicted molar refractivity (Wildman–Crippen MR) is 70.9 cm³/mol. The third-order valence-corrected chi connectivity index (χ3v) is 4.38. The first kappa shape index (κ1) is 16.2. The standard InChI is InChI=1S/C15H22F2O4/c1-14(2,3)21-13(20)12-9-4-8(6-11(18)19)5-10(12)15(16,17)7-9/h8-10,12H,4-7H2,1-3H3,(H,18,19)/t8-,9+,10+,12?/m1/s1. The molecule has 0 saturated heterocycles. The van der Waals surface area contributed by atoms with E-state index in [0.29, 0.717) is 6.42 Å². The number of carboxylic acid groups (broad SMARTS) is 1. The van der Waals surface area contributed by atoms with E-state index >= 15 is 0 Å². The van der Waals surface area contributed by atoms with Gasteiger partial charge in [-0.05, 0) is 45.4 Å². The normalized spacial score (nSPS) is 34.5. The average molecular weight is 304 g/mol. The zero-order chi connectivity index (χ0) is 16.0.